The monoisotopic (exact) mass is 194 g/mol. The van der Waals surface area contributed by atoms with Gasteiger partial charge in [-0.25, -0.2) is 4.79 Å². The van der Waals surface area contributed by atoms with Crippen LogP contribution in [0.5, 0.6) is 0 Å². The molecule has 0 saturated carbocycles. The predicted octanol–water partition coefficient (Wildman–Crippen LogP) is -1.92. The molecular formula is C4H6N2O5S. The van der Waals surface area contributed by atoms with E-state index in [1.54, 1.807) is 5.32 Å². The third-order valence-electron chi connectivity index (χ3n) is 1.34. The molecule has 0 aromatic rings. The molecule has 3 N–H and O–H groups in total. The predicted molar refractivity (Wildman–Crippen MR) is 36.9 cm³/mol. The highest BCUT2D eigenvalue weighted by Crippen LogP contribution is 2.00. The maximum absolute atomic E-state index is 10.7. The molecule has 1 aliphatic heterocycles. The summed E-state index contributed by atoms with van der Waals surface area (Å²) in [5.41, 5.74) is 0. The molecule has 1 unspecified atom stereocenters. The van der Waals surface area contributed by atoms with E-state index in [2.05, 4.69) is 5.32 Å². The molecule has 1 aliphatic rings. The molecule has 0 aromatic heterocycles. The Morgan fingerprint density at radius 2 is 2.00 bits per heavy atom. The van der Waals surface area contributed by atoms with Crippen LogP contribution in [-0.2, 0) is 14.9 Å². The van der Waals surface area contributed by atoms with E-state index in [9.17, 15) is 18.0 Å². The number of hydrogen-bond acceptors (Lipinski definition) is 4. The second kappa shape index (κ2) is 2.72. The number of rotatable bonds is 1. The molecule has 1 heterocycles. The molecular weight excluding hydrogens is 188 g/mol. The van der Waals surface area contributed by atoms with Crippen molar-refractivity contribution in [2.75, 3.05) is 6.54 Å². The van der Waals surface area contributed by atoms with Crippen LogP contribution in [0.1, 0.15) is 0 Å². The minimum atomic E-state index is -4.43. The van der Waals surface area contributed by atoms with Crippen molar-refractivity contribution in [1.29, 1.82) is 0 Å². The molecule has 0 aromatic carbocycles. The summed E-state index contributed by atoms with van der Waals surface area (Å²) in [7, 11) is -4.43. The number of carbonyl (C=O) groups excluding carboxylic acids is 2. The zero-order chi connectivity index (χ0) is 9.35. The Kier molecular flexibility index (Phi) is 2.02. The summed E-state index contributed by atoms with van der Waals surface area (Å²) in [4.78, 5) is 21.2. The average molecular weight is 194 g/mol. The zero-order valence-corrected chi connectivity index (χ0v) is 6.59. The summed E-state index contributed by atoms with van der Waals surface area (Å²) in [6.45, 7) is -0.399. The first-order valence-electron chi connectivity index (χ1n) is 2.96. The molecule has 1 fully saturated rings. The summed E-state index contributed by atoms with van der Waals surface area (Å²) in [6.07, 6.45) is 0. The van der Waals surface area contributed by atoms with Crippen molar-refractivity contribution >= 4 is 22.1 Å². The fourth-order valence-electron chi connectivity index (χ4n) is 0.755. The van der Waals surface area contributed by atoms with Gasteiger partial charge in [0.25, 0.3) is 16.0 Å². The van der Waals surface area contributed by atoms with Gasteiger partial charge in [-0.2, -0.15) is 8.42 Å². The van der Waals surface area contributed by atoms with Gasteiger partial charge in [0.2, 0.25) is 0 Å². The first-order valence-corrected chi connectivity index (χ1v) is 4.46. The van der Waals surface area contributed by atoms with Crippen LogP contribution in [0.25, 0.3) is 0 Å². The van der Waals surface area contributed by atoms with E-state index >= 15 is 0 Å². The van der Waals surface area contributed by atoms with Crippen LogP contribution in [0.2, 0.25) is 0 Å². The first kappa shape index (κ1) is 8.94. The summed E-state index contributed by atoms with van der Waals surface area (Å²) in [6, 6.07) is -0.764. The summed E-state index contributed by atoms with van der Waals surface area (Å²) >= 11 is 0. The lowest BCUT2D eigenvalue weighted by molar-refractivity contribution is -0.120. The van der Waals surface area contributed by atoms with Crippen molar-refractivity contribution in [2.24, 2.45) is 0 Å². The summed E-state index contributed by atoms with van der Waals surface area (Å²) < 4.78 is 29.4. The van der Waals surface area contributed by atoms with Crippen molar-refractivity contribution in [3.8, 4) is 0 Å². The van der Waals surface area contributed by atoms with Crippen LogP contribution in [0, 0.1) is 0 Å². The molecule has 1 rings (SSSR count). The lowest BCUT2D eigenvalue weighted by Crippen LogP contribution is -2.57. The van der Waals surface area contributed by atoms with Crippen LogP contribution in [-0.4, -0.2) is 36.7 Å². The van der Waals surface area contributed by atoms with Gasteiger partial charge in [0.05, 0.1) is 0 Å². The minimum Gasteiger partial charge on any atom is -0.336 e. The van der Waals surface area contributed by atoms with E-state index in [0.29, 0.717) is 0 Å². The molecule has 3 amide bonds. The minimum absolute atomic E-state index is 0.399. The number of hydrogen-bond donors (Lipinski definition) is 3. The van der Waals surface area contributed by atoms with Crippen LogP contribution >= 0.6 is 0 Å². The molecule has 12 heavy (non-hydrogen) atoms. The fourth-order valence-corrected chi connectivity index (χ4v) is 1.38. The third kappa shape index (κ3) is 1.71. The highest BCUT2D eigenvalue weighted by atomic mass is 32.2. The van der Waals surface area contributed by atoms with Gasteiger partial charge in [0.15, 0.2) is 5.25 Å². The van der Waals surface area contributed by atoms with Crippen LogP contribution < -0.4 is 10.6 Å². The molecule has 0 radical (unpaired) electrons. The number of amides is 3. The topological polar surface area (TPSA) is 113 Å². The maximum Gasteiger partial charge on any atom is 0.321 e. The standard InChI is InChI=1S/C4H6N2O5S/c7-3-2(12(9,10)11)1-5-4(8)6-3/h2H,1H2,(H,9,10,11)(H2,5,6,7,8). The normalized spacial score (nSPS) is 24.6. The van der Waals surface area contributed by atoms with Crippen LogP contribution in [0.3, 0.4) is 0 Å². The van der Waals surface area contributed by atoms with Gasteiger partial charge in [-0.15, -0.1) is 0 Å². The summed E-state index contributed by atoms with van der Waals surface area (Å²) in [5, 5.41) is 2.17. The Morgan fingerprint density at radius 3 is 2.42 bits per heavy atom. The number of urea groups is 1. The van der Waals surface area contributed by atoms with Gasteiger partial charge in [-0.1, -0.05) is 0 Å². The molecule has 68 valence electrons. The number of nitrogens with one attached hydrogen (secondary N) is 2. The average Bonchev–Trinajstić information content (AvgIpc) is 1.83. The van der Waals surface area contributed by atoms with Crippen LogP contribution in [0.15, 0.2) is 0 Å². The highest BCUT2D eigenvalue weighted by Gasteiger charge is 2.35. The van der Waals surface area contributed by atoms with E-state index in [1.165, 1.54) is 0 Å². The number of imide groups is 1. The van der Waals surface area contributed by atoms with Crippen molar-refractivity contribution in [2.45, 2.75) is 5.25 Å². The third-order valence-corrected chi connectivity index (χ3v) is 2.44. The van der Waals surface area contributed by atoms with Gasteiger partial charge < -0.3 is 5.32 Å². The Morgan fingerprint density at radius 1 is 1.42 bits per heavy atom. The lowest BCUT2D eigenvalue weighted by atomic mass is 10.3. The molecule has 8 heteroatoms. The van der Waals surface area contributed by atoms with E-state index in [-0.39, 0.29) is 0 Å². The molecule has 1 saturated heterocycles. The molecule has 0 bridgehead atoms. The summed E-state index contributed by atoms with van der Waals surface area (Å²) in [5.74, 6) is -1.01. The van der Waals surface area contributed by atoms with Gasteiger partial charge >= 0.3 is 6.03 Å². The molecule has 0 spiro atoms. The lowest BCUT2D eigenvalue weighted by Gasteiger charge is -2.19. The first-order chi connectivity index (χ1) is 5.41. The second-order valence-corrected chi connectivity index (χ2v) is 3.80. The van der Waals surface area contributed by atoms with Gasteiger partial charge in [-0.05, 0) is 0 Å². The van der Waals surface area contributed by atoms with Crippen molar-refractivity contribution in [3.63, 3.8) is 0 Å². The van der Waals surface area contributed by atoms with E-state index in [0.717, 1.165) is 0 Å². The molecule has 0 aliphatic carbocycles. The molecule has 1 atom stereocenters. The Bertz CT molecular complexity index is 320. The Labute approximate surface area is 67.9 Å². The zero-order valence-electron chi connectivity index (χ0n) is 5.77. The SMILES string of the molecule is O=C1NCC(S(=O)(=O)O)C(=O)N1. The van der Waals surface area contributed by atoms with Crippen molar-refractivity contribution in [1.82, 2.24) is 10.6 Å². The largest absolute Gasteiger partial charge is 0.336 e. The van der Waals surface area contributed by atoms with Crippen molar-refractivity contribution < 1.29 is 22.6 Å². The number of carbonyl (C=O) groups is 2. The molecule has 7 nitrogen and oxygen atoms in total. The smallest absolute Gasteiger partial charge is 0.321 e. The Balaban J connectivity index is 2.83. The van der Waals surface area contributed by atoms with E-state index < -0.39 is 33.9 Å². The highest BCUT2D eigenvalue weighted by molar-refractivity contribution is 7.87. The van der Waals surface area contributed by atoms with E-state index in [1.807, 2.05) is 0 Å². The fraction of sp³-hybridized carbons (Fsp3) is 0.500. The van der Waals surface area contributed by atoms with Gasteiger partial charge in [0, 0.05) is 6.54 Å². The van der Waals surface area contributed by atoms with Gasteiger partial charge in [-0.3, -0.25) is 14.7 Å². The quantitative estimate of drug-likeness (QED) is 0.421. The van der Waals surface area contributed by atoms with Gasteiger partial charge in [0.1, 0.15) is 0 Å². The van der Waals surface area contributed by atoms with Crippen molar-refractivity contribution in [3.05, 3.63) is 0 Å². The van der Waals surface area contributed by atoms with Crippen LogP contribution in [0.4, 0.5) is 4.79 Å². The van der Waals surface area contributed by atoms with E-state index in [4.69, 9.17) is 4.55 Å². The Hall–Kier alpha value is -1.15. The maximum atomic E-state index is 10.7. The second-order valence-electron chi connectivity index (χ2n) is 2.20.